The van der Waals surface area contributed by atoms with E-state index in [1.807, 2.05) is 93.1 Å². The van der Waals surface area contributed by atoms with Gasteiger partial charge in [-0.3, -0.25) is 4.79 Å². The number of fused-ring (bicyclic) bond motifs is 4. The van der Waals surface area contributed by atoms with Crippen LogP contribution in [0.3, 0.4) is 0 Å². The number of carbonyl (C=O) groups is 1. The third-order valence-corrected chi connectivity index (χ3v) is 12.0. The average Bonchev–Trinajstić information content (AvgIpc) is 4.11. The number of halogens is 1. The summed E-state index contributed by atoms with van der Waals surface area (Å²) in [7, 11) is -0.375. The molecule has 0 bridgehead atoms. The summed E-state index contributed by atoms with van der Waals surface area (Å²) in [5, 5.41) is 11.8. The molecule has 0 saturated carbocycles. The number of nitrogens with one attached hydrogen (secondary N) is 1. The van der Waals surface area contributed by atoms with Crippen LogP contribution in [0.25, 0.3) is 22.4 Å². The van der Waals surface area contributed by atoms with Crippen molar-refractivity contribution in [2.24, 2.45) is 15.7 Å². The van der Waals surface area contributed by atoms with Gasteiger partial charge in [0.25, 0.3) is 0 Å². The van der Waals surface area contributed by atoms with Gasteiger partial charge in [-0.1, -0.05) is 12.1 Å². The van der Waals surface area contributed by atoms with Crippen molar-refractivity contribution >= 4 is 75.8 Å². The predicted octanol–water partition coefficient (Wildman–Crippen LogP) is 4.71. The standard InChI is InChI=1S/C18H18N6O.C16H21BN2O3.C10H11ClN4O/c19-16-11-13-10-12(3-4-14(13)20-16)17-21-18(23-6-8-25-9-7-23)15-2-1-5-24(15)22-17;1-10(20)18-14-9-11-8-12(6-7-13(11)19-14)17-21-15(2,3)16(4,5)22-17;11-10-12-9(14-4-6-16-7-5-14)8-2-1-3-15(8)13-10/h1-5,10H,6-9,11H2,(H2,19,20);6-8H,9H2,1-5H3,(H,18,19,20);1-3H,4-7H2. The first-order valence-corrected chi connectivity index (χ1v) is 21.5. The Morgan fingerprint density at radius 1 is 0.746 bits per heavy atom. The van der Waals surface area contributed by atoms with Gasteiger partial charge in [0.15, 0.2) is 17.5 Å². The SMILES string of the molecule is CC(=O)NC1=Nc2ccc(B3OC(C)(C)C(C)(C)O3)cc2C1.Clc1nc(N2CCOCC2)c2cccn2n1.NC1=Nc2ccc(-c3nc(N4CCOCC4)c4cccn4n3)cc2C1. The molecule has 6 aromatic rings. The molecule has 0 aliphatic carbocycles. The Labute approximate surface area is 370 Å². The smallest absolute Gasteiger partial charge is 0.399 e. The van der Waals surface area contributed by atoms with Crippen LogP contribution in [0.4, 0.5) is 23.0 Å². The lowest BCUT2D eigenvalue weighted by Gasteiger charge is -2.32. The molecule has 3 N–H and O–H groups in total. The first-order valence-electron chi connectivity index (χ1n) is 21.1. The lowest BCUT2D eigenvalue weighted by molar-refractivity contribution is -0.117. The minimum absolute atomic E-state index is 0.0993. The number of aromatic nitrogens is 6. The minimum atomic E-state index is -0.375. The third kappa shape index (κ3) is 8.99. The van der Waals surface area contributed by atoms with E-state index in [1.165, 1.54) is 6.92 Å². The van der Waals surface area contributed by atoms with E-state index in [0.717, 1.165) is 109 Å². The summed E-state index contributed by atoms with van der Waals surface area (Å²) in [6, 6.07) is 20.0. The number of rotatable bonds is 4. The third-order valence-electron chi connectivity index (χ3n) is 11.9. The van der Waals surface area contributed by atoms with E-state index in [9.17, 15) is 4.79 Å². The monoisotopic (exact) mass is 872 g/mol. The van der Waals surface area contributed by atoms with E-state index in [-0.39, 0.29) is 29.5 Å². The first kappa shape index (κ1) is 42.4. The summed E-state index contributed by atoms with van der Waals surface area (Å²) < 4.78 is 26.6. The number of hydrogen-bond acceptors (Lipinski definition) is 14. The number of aliphatic imine (C=N–C) groups is 2. The highest BCUT2D eigenvalue weighted by Crippen LogP contribution is 2.37. The summed E-state index contributed by atoms with van der Waals surface area (Å²) in [5.41, 5.74) is 13.1. The van der Waals surface area contributed by atoms with Gasteiger partial charge >= 0.3 is 7.12 Å². The van der Waals surface area contributed by atoms with Gasteiger partial charge < -0.3 is 39.6 Å². The van der Waals surface area contributed by atoms with Crippen LogP contribution in [-0.2, 0) is 36.4 Å². The maximum absolute atomic E-state index is 11.1. The van der Waals surface area contributed by atoms with Gasteiger partial charge in [0.05, 0.1) is 49.0 Å². The molecule has 2 aromatic carbocycles. The summed E-state index contributed by atoms with van der Waals surface area (Å²) in [6.45, 7) is 15.9. The van der Waals surface area contributed by atoms with Gasteiger partial charge in [-0.15, -0.1) is 10.2 Å². The zero-order valence-electron chi connectivity index (χ0n) is 36.0. The molecule has 0 atom stereocenters. The van der Waals surface area contributed by atoms with E-state index in [1.54, 1.807) is 4.52 Å². The van der Waals surface area contributed by atoms with Crippen molar-refractivity contribution in [3.05, 3.63) is 89.5 Å². The molecule has 3 saturated heterocycles. The molecule has 0 unspecified atom stereocenters. The van der Waals surface area contributed by atoms with Crippen LogP contribution in [0.2, 0.25) is 5.28 Å². The number of hydrogen-bond donors (Lipinski definition) is 2. The van der Waals surface area contributed by atoms with Gasteiger partial charge in [-0.25, -0.2) is 24.0 Å². The molecule has 19 heteroatoms. The molecule has 11 rings (SSSR count). The van der Waals surface area contributed by atoms with E-state index >= 15 is 0 Å². The molecule has 63 heavy (non-hydrogen) atoms. The van der Waals surface area contributed by atoms with Crippen LogP contribution in [0.1, 0.15) is 45.7 Å². The van der Waals surface area contributed by atoms with Crippen LogP contribution in [-0.4, -0.2) is 118 Å². The highest BCUT2D eigenvalue weighted by atomic mass is 35.5. The van der Waals surface area contributed by atoms with E-state index in [4.69, 9.17) is 41.1 Å². The Morgan fingerprint density at radius 2 is 1.32 bits per heavy atom. The van der Waals surface area contributed by atoms with Crippen LogP contribution in [0.5, 0.6) is 0 Å². The largest absolute Gasteiger partial charge is 0.494 e. The zero-order chi connectivity index (χ0) is 43.9. The zero-order valence-corrected chi connectivity index (χ0v) is 36.8. The van der Waals surface area contributed by atoms with Gasteiger partial charge in [-0.05, 0) is 104 Å². The van der Waals surface area contributed by atoms with Gasteiger partial charge in [0, 0.05) is 63.9 Å². The highest BCUT2D eigenvalue weighted by molar-refractivity contribution is 6.62. The number of nitrogens with two attached hydrogens (primary N) is 1. The van der Waals surface area contributed by atoms with Gasteiger partial charge in [0.2, 0.25) is 11.2 Å². The average molecular weight is 873 g/mol. The number of carbonyl (C=O) groups excluding carboxylic acids is 1. The number of nitrogens with zero attached hydrogens (tertiary/aromatic N) is 10. The van der Waals surface area contributed by atoms with Gasteiger partial charge in [-0.2, -0.15) is 4.98 Å². The molecule has 17 nitrogen and oxygen atoms in total. The molecule has 3 fully saturated rings. The highest BCUT2D eigenvalue weighted by Gasteiger charge is 2.51. The van der Waals surface area contributed by atoms with E-state index < -0.39 is 0 Å². The topological polar surface area (TPSA) is 184 Å². The summed E-state index contributed by atoms with van der Waals surface area (Å²) >= 11 is 5.90. The molecule has 4 aromatic heterocycles. The van der Waals surface area contributed by atoms with Crippen molar-refractivity contribution < 1.29 is 23.6 Å². The van der Waals surface area contributed by atoms with Crippen molar-refractivity contribution in [3.8, 4) is 11.4 Å². The molecule has 0 radical (unpaired) electrons. The lowest BCUT2D eigenvalue weighted by Crippen LogP contribution is -2.41. The van der Waals surface area contributed by atoms with Gasteiger partial charge in [0.1, 0.15) is 22.7 Å². The van der Waals surface area contributed by atoms with Crippen LogP contribution in [0, 0.1) is 0 Å². The number of anilines is 2. The fourth-order valence-corrected chi connectivity index (χ4v) is 8.10. The Balaban J connectivity index is 0.000000123. The van der Waals surface area contributed by atoms with Crippen molar-refractivity contribution in [1.29, 1.82) is 0 Å². The molecule has 5 aliphatic rings. The summed E-state index contributed by atoms with van der Waals surface area (Å²) in [4.78, 5) is 33.5. The molecule has 326 valence electrons. The second kappa shape index (κ2) is 17.3. The Kier molecular flexibility index (Phi) is 11.7. The van der Waals surface area contributed by atoms with Crippen molar-refractivity contribution in [2.45, 2.75) is 58.7 Å². The van der Waals surface area contributed by atoms with Crippen molar-refractivity contribution in [2.75, 3.05) is 62.4 Å². The van der Waals surface area contributed by atoms with E-state index in [2.05, 4.69) is 52.4 Å². The van der Waals surface area contributed by atoms with Crippen molar-refractivity contribution in [3.63, 3.8) is 0 Å². The van der Waals surface area contributed by atoms with Crippen LogP contribution >= 0.6 is 11.6 Å². The predicted molar refractivity (Wildman–Crippen MR) is 244 cm³/mol. The number of benzene rings is 2. The summed E-state index contributed by atoms with van der Waals surface area (Å²) in [6.07, 6.45) is 5.14. The molecule has 0 spiro atoms. The molecular weight excluding hydrogens is 823 g/mol. The molecule has 1 amide bonds. The normalized spacial score (nSPS) is 18.5. The second-order valence-electron chi connectivity index (χ2n) is 16.9. The number of morpholine rings is 2. The lowest BCUT2D eigenvalue weighted by atomic mass is 9.78. The van der Waals surface area contributed by atoms with E-state index in [0.29, 0.717) is 30.3 Å². The number of amidine groups is 2. The maximum atomic E-state index is 11.1. The number of amides is 1. The molecule has 9 heterocycles. The Bertz CT molecular complexity index is 2720. The fourth-order valence-electron chi connectivity index (χ4n) is 7.94. The Morgan fingerprint density at radius 3 is 1.95 bits per heavy atom. The fraction of sp³-hybridized carbons (Fsp3) is 0.386. The summed E-state index contributed by atoms with van der Waals surface area (Å²) in [5.74, 6) is 3.79. The maximum Gasteiger partial charge on any atom is 0.494 e. The van der Waals surface area contributed by atoms with Crippen LogP contribution in [0.15, 0.2) is 83.0 Å². The molecule has 5 aliphatic heterocycles. The number of ether oxygens (including phenoxy) is 2. The van der Waals surface area contributed by atoms with Crippen LogP contribution < -0.4 is 26.3 Å². The minimum Gasteiger partial charge on any atom is -0.399 e. The second-order valence-corrected chi connectivity index (χ2v) is 17.2. The molecular formula is C44H50BClN12O5. The van der Waals surface area contributed by atoms with Crippen molar-refractivity contribution in [1.82, 2.24) is 34.5 Å². The Hall–Kier alpha value is -5.92. The quantitative estimate of drug-likeness (QED) is 0.233. The first-order chi connectivity index (χ1) is 30.3.